The molecule has 0 spiro atoms. The van der Waals surface area contributed by atoms with Crippen LogP contribution >= 0.6 is 0 Å². The van der Waals surface area contributed by atoms with Crippen LogP contribution in [0, 0.1) is 40.4 Å². The lowest BCUT2D eigenvalue weighted by Gasteiger charge is -2.56. The molecule has 3 nitrogen and oxygen atoms in total. The van der Waals surface area contributed by atoms with E-state index in [0.717, 1.165) is 6.42 Å². The SMILES string of the molecule is CC1=CC(=O)C=C2C=C[C@@H]3[C@H](CC[C@]4(C)[C@@H]([C@H](C)CCC(=O)O)CC[C@@H]34)[C@@]12C. The summed E-state index contributed by atoms with van der Waals surface area (Å²) in [5, 5.41) is 9.09. The molecule has 1 N–H and O–H groups in total. The molecule has 4 rings (SSSR count). The summed E-state index contributed by atoms with van der Waals surface area (Å²) >= 11 is 0. The van der Waals surface area contributed by atoms with Crippen LogP contribution in [0.5, 0.6) is 0 Å². The van der Waals surface area contributed by atoms with Gasteiger partial charge in [-0.3, -0.25) is 9.59 Å². The molecule has 28 heavy (non-hydrogen) atoms. The Labute approximate surface area is 169 Å². The third-order valence-electron chi connectivity index (χ3n) is 9.22. The van der Waals surface area contributed by atoms with Gasteiger partial charge in [0, 0.05) is 11.8 Å². The van der Waals surface area contributed by atoms with Crippen LogP contribution in [-0.2, 0) is 9.59 Å². The van der Waals surface area contributed by atoms with E-state index in [2.05, 4.69) is 39.8 Å². The van der Waals surface area contributed by atoms with Gasteiger partial charge in [-0.15, -0.1) is 0 Å². The van der Waals surface area contributed by atoms with E-state index in [4.69, 9.17) is 5.11 Å². The van der Waals surface area contributed by atoms with Crippen molar-refractivity contribution < 1.29 is 14.7 Å². The molecule has 0 aromatic rings. The molecule has 0 bridgehead atoms. The number of hydrogen-bond acceptors (Lipinski definition) is 2. The third kappa shape index (κ3) is 2.76. The van der Waals surface area contributed by atoms with Gasteiger partial charge < -0.3 is 5.11 Å². The van der Waals surface area contributed by atoms with Crippen LogP contribution in [0.1, 0.15) is 66.2 Å². The van der Waals surface area contributed by atoms with Crippen molar-refractivity contribution >= 4 is 11.8 Å². The van der Waals surface area contributed by atoms with Crippen LogP contribution < -0.4 is 0 Å². The number of ketones is 1. The zero-order valence-electron chi connectivity index (χ0n) is 17.7. The lowest BCUT2D eigenvalue weighted by atomic mass is 9.47. The first-order valence-corrected chi connectivity index (χ1v) is 11.0. The second-order valence-corrected chi connectivity index (χ2v) is 10.3. The highest BCUT2D eigenvalue weighted by molar-refractivity contribution is 6.02. The van der Waals surface area contributed by atoms with Crippen molar-refractivity contribution in [3.63, 3.8) is 0 Å². The standard InChI is InChI=1S/C25H34O3/c1-15(5-10-23(27)28)20-8-9-21-19-7-6-17-14-18(26)13-16(2)25(17,4)22(19)11-12-24(20,21)3/h6-7,13-15,19-22H,5,8-12H2,1-4H3,(H,27,28)/t15-,19+,20-,21+,22+,24-,25+/m1/s1. The van der Waals surface area contributed by atoms with E-state index in [9.17, 15) is 9.59 Å². The van der Waals surface area contributed by atoms with Crippen LogP contribution in [0.4, 0.5) is 0 Å². The van der Waals surface area contributed by atoms with Crippen LogP contribution in [0.2, 0.25) is 0 Å². The van der Waals surface area contributed by atoms with Gasteiger partial charge in [-0.1, -0.05) is 38.5 Å². The first kappa shape index (κ1) is 19.7. The molecule has 0 aliphatic heterocycles. The van der Waals surface area contributed by atoms with E-state index in [-0.39, 0.29) is 17.6 Å². The summed E-state index contributed by atoms with van der Waals surface area (Å²) < 4.78 is 0. The molecule has 0 unspecified atom stereocenters. The lowest BCUT2D eigenvalue weighted by molar-refractivity contribution is -0.137. The zero-order chi connectivity index (χ0) is 20.3. The number of hydrogen-bond donors (Lipinski definition) is 1. The Morgan fingerprint density at radius 1 is 1.21 bits per heavy atom. The molecule has 0 aromatic carbocycles. The number of carbonyl (C=O) groups excluding carboxylic acids is 1. The Morgan fingerprint density at radius 2 is 1.96 bits per heavy atom. The Balaban J connectivity index is 1.62. The number of fused-ring (bicyclic) bond motifs is 5. The summed E-state index contributed by atoms with van der Waals surface area (Å²) in [7, 11) is 0. The van der Waals surface area contributed by atoms with Gasteiger partial charge in [-0.05, 0) is 91.8 Å². The van der Waals surface area contributed by atoms with Gasteiger partial charge >= 0.3 is 5.97 Å². The monoisotopic (exact) mass is 382 g/mol. The maximum atomic E-state index is 12.1. The highest BCUT2D eigenvalue weighted by Gasteiger charge is 2.58. The molecule has 152 valence electrons. The molecular weight excluding hydrogens is 348 g/mol. The van der Waals surface area contributed by atoms with E-state index >= 15 is 0 Å². The topological polar surface area (TPSA) is 54.4 Å². The molecule has 0 heterocycles. The minimum Gasteiger partial charge on any atom is -0.481 e. The summed E-state index contributed by atoms with van der Waals surface area (Å²) in [6, 6.07) is 0. The van der Waals surface area contributed by atoms with E-state index in [1.54, 1.807) is 0 Å². The summed E-state index contributed by atoms with van der Waals surface area (Å²) in [6.07, 6.45) is 14.3. The third-order valence-corrected chi connectivity index (χ3v) is 9.22. The number of carbonyl (C=O) groups is 2. The van der Waals surface area contributed by atoms with E-state index in [1.165, 1.54) is 36.8 Å². The van der Waals surface area contributed by atoms with Gasteiger partial charge in [0.25, 0.3) is 0 Å². The Hall–Kier alpha value is -1.64. The summed E-state index contributed by atoms with van der Waals surface area (Å²) in [5.74, 6) is 2.35. The van der Waals surface area contributed by atoms with E-state index in [0.29, 0.717) is 35.0 Å². The quantitative estimate of drug-likeness (QED) is 0.691. The second-order valence-electron chi connectivity index (χ2n) is 10.3. The molecule has 0 radical (unpaired) electrons. The Kier molecular flexibility index (Phi) is 4.71. The number of aliphatic carboxylic acids is 1. The van der Waals surface area contributed by atoms with Crippen LogP contribution in [0.3, 0.4) is 0 Å². The van der Waals surface area contributed by atoms with Crippen molar-refractivity contribution in [2.45, 2.75) is 66.2 Å². The molecule has 4 aliphatic carbocycles. The number of carboxylic acids is 1. The summed E-state index contributed by atoms with van der Waals surface area (Å²) in [5.41, 5.74) is 2.72. The van der Waals surface area contributed by atoms with E-state index < -0.39 is 5.97 Å². The average molecular weight is 383 g/mol. The second kappa shape index (κ2) is 6.71. The van der Waals surface area contributed by atoms with Crippen molar-refractivity contribution in [2.24, 2.45) is 40.4 Å². The van der Waals surface area contributed by atoms with Crippen LogP contribution in [0.15, 0.2) is 35.5 Å². The largest absolute Gasteiger partial charge is 0.481 e. The van der Waals surface area contributed by atoms with E-state index in [1.807, 2.05) is 12.2 Å². The fourth-order valence-electron chi connectivity index (χ4n) is 7.54. The molecule has 2 saturated carbocycles. The molecule has 3 heteroatoms. The first-order chi connectivity index (χ1) is 13.2. The highest BCUT2D eigenvalue weighted by atomic mass is 16.4. The number of carboxylic acid groups (broad SMARTS) is 1. The fraction of sp³-hybridized carbons (Fsp3) is 0.680. The highest BCUT2D eigenvalue weighted by Crippen LogP contribution is 2.66. The lowest BCUT2D eigenvalue weighted by Crippen LogP contribution is -2.49. The Bertz CT molecular complexity index is 788. The van der Waals surface area contributed by atoms with Gasteiger partial charge in [0.1, 0.15) is 0 Å². The normalized spacial score (nSPS) is 42.8. The Morgan fingerprint density at radius 3 is 2.68 bits per heavy atom. The smallest absolute Gasteiger partial charge is 0.303 e. The zero-order valence-corrected chi connectivity index (χ0v) is 17.7. The molecular formula is C25H34O3. The van der Waals surface area contributed by atoms with Gasteiger partial charge in [-0.25, -0.2) is 0 Å². The van der Waals surface area contributed by atoms with Gasteiger partial charge in [0.2, 0.25) is 0 Å². The molecule has 4 aliphatic rings. The van der Waals surface area contributed by atoms with Crippen molar-refractivity contribution in [1.82, 2.24) is 0 Å². The van der Waals surface area contributed by atoms with Gasteiger partial charge in [-0.2, -0.15) is 0 Å². The first-order valence-electron chi connectivity index (χ1n) is 11.0. The van der Waals surface area contributed by atoms with Gasteiger partial charge in [0.15, 0.2) is 5.78 Å². The maximum absolute atomic E-state index is 12.1. The van der Waals surface area contributed by atoms with Crippen molar-refractivity contribution in [2.75, 3.05) is 0 Å². The van der Waals surface area contributed by atoms with Gasteiger partial charge in [0.05, 0.1) is 0 Å². The predicted molar refractivity (Wildman–Crippen MR) is 111 cm³/mol. The minimum atomic E-state index is -0.674. The molecule has 0 amide bonds. The van der Waals surface area contributed by atoms with Crippen molar-refractivity contribution in [1.29, 1.82) is 0 Å². The number of rotatable bonds is 4. The predicted octanol–water partition coefficient (Wildman–Crippen LogP) is 5.58. The fourth-order valence-corrected chi connectivity index (χ4v) is 7.54. The number of allylic oxidation sites excluding steroid dienone is 6. The summed E-state index contributed by atoms with van der Waals surface area (Å²) in [4.78, 5) is 23.1. The molecule has 0 saturated heterocycles. The molecule has 0 aromatic heterocycles. The molecule has 2 fully saturated rings. The van der Waals surface area contributed by atoms with Crippen LogP contribution in [0.25, 0.3) is 0 Å². The van der Waals surface area contributed by atoms with Crippen molar-refractivity contribution in [3.05, 3.63) is 35.5 Å². The van der Waals surface area contributed by atoms with Crippen molar-refractivity contribution in [3.8, 4) is 0 Å². The molecule has 7 atom stereocenters. The maximum Gasteiger partial charge on any atom is 0.303 e. The summed E-state index contributed by atoms with van der Waals surface area (Å²) in [6.45, 7) is 9.24. The minimum absolute atomic E-state index is 0.0122. The average Bonchev–Trinajstić information content (AvgIpc) is 2.98. The van der Waals surface area contributed by atoms with Crippen LogP contribution in [-0.4, -0.2) is 16.9 Å².